The van der Waals surface area contributed by atoms with Gasteiger partial charge in [-0.15, -0.1) is 5.10 Å². The number of aliphatic carboxylic acids is 1. The van der Waals surface area contributed by atoms with Crippen molar-refractivity contribution in [2.45, 2.75) is 115 Å². The Bertz CT molecular complexity index is 1240. The molecule has 2 bridgehead atoms. The highest BCUT2D eigenvalue weighted by Crippen LogP contribution is 2.21. The summed E-state index contributed by atoms with van der Waals surface area (Å²) in [6.07, 6.45) is 4.45. The van der Waals surface area contributed by atoms with Gasteiger partial charge in [0.05, 0.1) is 11.7 Å². The molecule has 0 unspecified atom stereocenters. The van der Waals surface area contributed by atoms with Gasteiger partial charge in [0.1, 0.15) is 30.2 Å². The van der Waals surface area contributed by atoms with Crippen molar-refractivity contribution in [1.29, 1.82) is 0 Å². The van der Waals surface area contributed by atoms with Crippen LogP contribution < -0.4 is 26.6 Å². The van der Waals surface area contributed by atoms with Crippen LogP contribution in [0.25, 0.3) is 0 Å². The summed E-state index contributed by atoms with van der Waals surface area (Å²) in [6.45, 7) is 7.40. The van der Waals surface area contributed by atoms with Gasteiger partial charge in [-0.2, -0.15) is 0 Å². The van der Waals surface area contributed by atoms with E-state index in [1.54, 1.807) is 31.8 Å². The molecule has 45 heavy (non-hydrogen) atoms. The van der Waals surface area contributed by atoms with Gasteiger partial charge < -0.3 is 36.6 Å². The summed E-state index contributed by atoms with van der Waals surface area (Å²) in [5, 5.41) is 31.3. The highest BCUT2D eigenvalue weighted by molar-refractivity contribution is 5.96. The van der Waals surface area contributed by atoms with E-state index >= 15 is 0 Å². The van der Waals surface area contributed by atoms with E-state index in [1.807, 2.05) is 6.92 Å². The first-order valence-corrected chi connectivity index (χ1v) is 15.7. The Morgan fingerprint density at radius 1 is 1.02 bits per heavy atom. The second kappa shape index (κ2) is 16.3. The van der Waals surface area contributed by atoms with Crippen molar-refractivity contribution in [3.63, 3.8) is 0 Å². The summed E-state index contributed by atoms with van der Waals surface area (Å²) >= 11 is 0. The number of hydrogen-bond acceptors (Lipinski definition) is 9. The Labute approximate surface area is 262 Å². The Hall–Kier alpha value is -4.08. The van der Waals surface area contributed by atoms with Gasteiger partial charge in [-0.3, -0.25) is 33.4 Å². The molecule has 0 aromatic carbocycles. The maximum atomic E-state index is 13.9. The fraction of sp³-hybridized carbons (Fsp3) is 0.724. The topological polar surface area (TPSA) is 217 Å². The molecule has 0 saturated carbocycles. The van der Waals surface area contributed by atoms with Crippen LogP contribution in [-0.4, -0.2) is 110 Å². The van der Waals surface area contributed by atoms with Gasteiger partial charge in [-0.1, -0.05) is 25.5 Å². The van der Waals surface area contributed by atoms with Crippen LogP contribution in [0.5, 0.6) is 0 Å². The van der Waals surface area contributed by atoms with Gasteiger partial charge in [0.2, 0.25) is 29.5 Å². The molecule has 1 fully saturated rings. The van der Waals surface area contributed by atoms with Crippen LogP contribution in [0.3, 0.4) is 0 Å². The smallest absolute Gasteiger partial charge is 0.325 e. The molecule has 16 nitrogen and oxygen atoms in total. The second-order valence-electron chi connectivity index (χ2n) is 11.9. The summed E-state index contributed by atoms with van der Waals surface area (Å²) in [6, 6.07) is -5.64. The zero-order valence-electron chi connectivity index (χ0n) is 26.7. The minimum absolute atomic E-state index is 0.0632. The number of carboxylic acids is 1. The van der Waals surface area contributed by atoms with Crippen molar-refractivity contribution in [3.05, 3.63) is 11.9 Å². The van der Waals surface area contributed by atoms with Crippen molar-refractivity contribution in [2.75, 3.05) is 13.6 Å². The molecule has 3 heterocycles. The summed E-state index contributed by atoms with van der Waals surface area (Å²) in [4.78, 5) is 79.9. The molecule has 1 aromatic rings. The molecule has 5 amide bonds. The molecule has 0 aliphatic carbocycles. The van der Waals surface area contributed by atoms with E-state index in [9.17, 15) is 33.9 Å². The Morgan fingerprint density at radius 2 is 1.76 bits per heavy atom. The maximum Gasteiger partial charge on any atom is 0.325 e. The quantitative estimate of drug-likeness (QED) is 0.199. The van der Waals surface area contributed by atoms with E-state index in [2.05, 4.69) is 36.9 Å². The van der Waals surface area contributed by atoms with Gasteiger partial charge in [0.25, 0.3) is 0 Å². The van der Waals surface area contributed by atoms with Crippen LogP contribution in [0.4, 0.5) is 0 Å². The van der Waals surface area contributed by atoms with Gasteiger partial charge >= 0.3 is 5.97 Å². The molecule has 0 spiro atoms. The SMILES string of the molecule is CC[C@H](C)[C@@H]1NC(=O)[C@@H]2CCCN2C(=O)[C@@H](NC(=O)[C@H](C)NC)Cc2cn(nn2)CCCC[C@@H](C(=O)N[C@@H](C)C(=O)O)NC1=O. The van der Waals surface area contributed by atoms with Crippen LogP contribution in [0.1, 0.15) is 71.9 Å². The number of aryl methyl sites for hydroxylation is 1. The third-order valence-corrected chi connectivity index (χ3v) is 8.56. The molecule has 6 N–H and O–H groups in total. The van der Waals surface area contributed by atoms with Crippen LogP contribution in [0.2, 0.25) is 0 Å². The number of amides is 5. The van der Waals surface area contributed by atoms with Crippen LogP contribution in [-0.2, 0) is 41.7 Å². The van der Waals surface area contributed by atoms with E-state index in [-0.39, 0.29) is 24.7 Å². The lowest BCUT2D eigenvalue weighted by Crippen LogP contribution is -2.60. The van der Waals surface area contributed by atoms with E-state index < -0.39 is 65.8 Å². The predicted molar refractivity (Wildman–Crippen MR) is 161 cm³/mol. The number of carbonyl (C=O) groups is 6. The largest absolute Gasteiger partial charge is 0.480 e. The lowest BCUT2D eigenvalue weighted by molar-refractivity contribution is -0.143. The number of aromatic nitrogens is 3. The summed E-state index contributed by atoms with van der Waals surface area (Å²) in [5.74, 6) is -4.08. The molecule has 2 aliphatic heterocycles. The molecule has 2 aliphatic rings. The summed E-state index contributed by atoms with van der Waals surface area (Å²) < 4.78 is 1.60. The highest BCUT2D eigenvalue weighted by Gasteiger charge is 2.40. The average Bonchev–Trinajstić information content (AvgIpc) is 3.69. The van der Waals surface area contributed by atoms with Crippen molar-refractivity contribution in [2.24, 2.45) is 5.92 Å². The highest BCUT2D eigenvalue weighted by atomic mass is 16.4. The standard InChI is InChI=1S/C29H47N9O7/c1-6-16(2)23-27(42)32-20(25(40)31-18(4)29(44)45)10-7-8-12-37-15-19(35-36-37)14-21(33-24(39)17(3)30-5)28(43)38-13-9-11-22(38)26(41)34-23/h15-18,20-23,30H,6-14H2,1-5H3,(H,31,40)(H,32,42)(H,33,39)(H,34,41)(H,44,45)/t16-,17-,18-,20-,21-,22-,23-/m0/s1. The number of carbonyl (C=O) groups excluding carboxylic acids is 5. The predicted octanol–water partition coefficient (Wildman–Crippen LogP) is -1.31. The van der Waals surface area contributed by atoms with E-state index in [1.165, 1.54) is 11.8 Å². The average molecular weight is 634 g/mol. The number of nitrogens with zero attached hydrogens (tertiary/aromatic N) is 4. The Kier molecular flexibility index (Phi) is 12.8. The van der Waals surface area contributed by atoms with Crippen LogP contribution in [0.15, 0.2) is 6.20 Å². The minimum Gasteiger partial charge on any atom is -0.480 e. The number of nitrogens with one attached hydrogen (secondary N) is 5. The zero-order valence-corrected chi connectivity index (χ0v) is 26.7. The molecular formula is C29H47N9O7. The molecule has 1 saturated heterocycles. The molecule has 16 heteroatoms. The number of rotatable bonds is 8. The number of fused-ring (bicyclic) bond motifs is 3. The van der Waals surface area contributed by atoms with Crippen molar-refractivity contribution < 1.29 is 33.9 Å². The molecular weight excluding hydrogens is 586 g/mol. The molecule has 0 radical (unpaired) electrons. The number of likely N-dealkylation sites (N-methyl/N-ethyl adjacent to an activating group) is 1. The van der Waals surface area contributed by atoms with E-state index in [0.29, 0.717) is 50.9 Å². The lowest BCUT2D eigenvalue weighted by Gasteiger charge is -2.31. The maximum absolute atomic E-state index is 13.9. The second-order valence-corrected chi connectivity index (χ2v) is 11.9. The van der Waals surface area contributed by atoms with Crippen molar-refractivity contribution in [3.8, 4) is 0 Å². The first-order valence-electron chi connectivity index (χ1n) is 15.7. The minimum atomic E-state index is -1.21. The monoisotopic (exact) mass is 633 g/mol. The van der Waals surface area contributed by atoms with Gasteiger partial charge in [0.15, 0.2) is 0 Å². The lowest BCUT2D eigenvalue weighted by atomic mass is 9.96. The van der Waals surface area contributed by atoms with Gasteiger partial charge in [-0.05, 0) is 58.9 Å². The summed E-state index contributed by atoms with van der Waals surface area (Å²) in [7, 11) is 1.64. The van der Waals surface area contributed by atoms with Crippen molar-refractivity contribution in [1.82, 2.24) is 46.5 Å². The Balaban J connectivity index is 1.95. The first-order chi connectivity index (χ1) is 21.4. The van der Waals surface area contributed by atoms with Gasteiger partial charge in [0, 0.05) is 25.7 Å². The normalized spacial score (nSPS) is 25.4. The molecule has 3 rings (SSSR count). The van der Waals surface area contributed by atoms with Crippen LogP contribution in [0, 0.1) is 5.92 Å². The van der Waals surface area contributed by atoms with Crippen LogP contribution >= 0.6 is 0 Å². The first kappa shape index (κ1) is 35.4. The third kappa shape index (κ3) is 9.45. The molecule has 7 atom stereocenters. The third-order valence-electron chi connectivity index (χ3n) is 8.56. The van der Waals surface area contributed by atoms with E-state index in [0.717, 1.165) is 0 Å². The Morgan fingerprint density at radius 3 is 2.42 bits per heavy atom. The molecule has 250 valence electrons. The van der Waals surface area contributed by atoms with Crippen molar-refractivity contribution >= 4 is 35.5 Å². The zero-order chi connectivity index (χ0) is 33.3. The fourth-order valence-corrected chi connectivity index (χ4v) is 5.36. The number of carboxylic acid groups (broad SMARTS) is 1. The fourth-order valence-electron chi connectivity index (χ4n) is 5.36. The molecule has 1 aromatic heterocycles. The number of hydrogen-bond donors (Lipinski definition) is 6. The summed E-state index contributed by atoms with van der Waals surface area (Å²) in [5.41, 5.74) is 0.482. The van der Waals surface area contributed by atoms with Gasteiger partial charge in [-0.25, -0.2) is 0 Å². The van der Waals surface area contributed by atoms with E-state index in [4.69, 9.17) is 0 Å².